The van der Waals surface area contributed by atoms with Crippen LogP contribution in [0.25, 0.3) is 11.0 Å². The lowest BCUT2D eigenvalue weighted by molar-refractivity contribution is -0.144. The summed E-state index contributed by atoms with van der Waals surface area (Å²) in [6.07, 6.45) is 5.15. The third-order valence-corrected chi connectivity index (χ3v) is 4.98. The Morgan fingerprint density at radius 2 is 2.08 bits per heavy atom. The monoisotopic (exact) mass is 330 g/mol. The van der Waals surface area contributed by atoms with Crippen molar-refractivity contribution in [2.24, 2.45) is 5.92 Å². The van der Waals surface area contributed by atoms with Crippen molar-refractivity contribution < 1.29 is 19.7 Å². The van der Waals surface area contributed by atoms with Gasteiger partial charge in [-0.1, -0.05) is 0 Å². The number of aryl methyl sites for hydroxylation is 1. The molecule has 0 spiro atoms. The van der Waals surface area contributed by atoms with Gasteiger partial charge in [-0.05, 0) is 56.2 Å². The van der Waals surface area contributed by atoms with Crippen LogP contribution in [-0.4, -0.2) is 38.9 Å². The molecule has 128 valence electrons. The fourth-order valence-corrected chi connectivity index (χ4v) is 3.40. The minimum absolute atomic E-state index is 0.321. The molecule has 0 bridgehead atoms. The van der Waals surface area contributed by atoms with Crippen LogP contribution in [0.15, 0.2) is 24.4 Å². The molecule has 6 heteroatoms. The molecule has 0 aromatic carbocycles. The van der Waals surface area contributed by atoms with Crippen molar-refractivity contribution in [3.63, 3.8) is 0 Å². The lowest BCUT2D eigenvalue weighted by Crippen LogP contribution is -2.36. The summed E-state index contributed by atoms with van der Waals surface area (Å²) in [6.45, 7) is 0. The van der Waals surface area contributed by atoms with E-state index in [2.05, 4.69) is 9.97 Å². The summed E-state index contributed by atoms with van der Waals surface area (Å²) in [4.78, 5) is 19.8. The molecule has 2 N–H and O–H groups in total. The van der Waals surface area contributed by atoms with Crippen molar-refractivity contribution in [3.05, 3.63) is 30.0 Å². The molecule has 2 aromatic heterocycles. The minimum atomic E-state index is -0.791. The van der Waals surface area contributed by atoms with E-state index in [1.54, 1.807) is 19.4 Å². The van der Waals surface area contributed by atoms with E-state index >= 15 is 0 Å². The molecule has 1 saturated carbocycles. The molecule has 24 heavy (non-hydrogen) atoms. The molecule has 3 rings (SSSR count). The molecule has 0 atom stereocenters. The standard InChI is InChI=1S/C18H22N2O4/c1-24-15-3-2-14-16(20-15)12(7-11-19-14)4-8-18(23)9-5-13(6-10-18)17(21)22/h2-3,7,11,13,23H,4-6,8-10H2,1H3,(H,21,22). The first kappa shape index (κ1) is 16.6. The van der Waals surface area contributed by atoms with Crippen LogP contribution in [0.1, 0.15) is 37.7 Å². The summed E-state index contributed by atoms with van der Waals surface area (Å²) in [5, 5.41) is 19.8. The number of aliphatic carboxylic acids is 1. The molecule has 2 heterocycles. The van der Waals surface area contributed by atoms with Crippen molar-refractivity contribution in [1.82, 2.24) is 9.97 Å². The van der Waals surface area contributed by atoms with E-state index in [0.29, 0.717) is 44.4 Å². The van der Waals surface area contributed by atoms with Crippen molar-refractivity contribution in [2.75, 3.05) is 7.11 Å². The van der Waals surface area contributed by atoms with Crippen molar-refractivity contribution in [3.8, 4) is 5.88 Å². The van der Waals surface area contributed by atoms with Gasteiger partial charge in [0.25, 0.3) is 0 Å². The molecule has 0 unspecified atom stereocenters. The van der Waals surface area contributed by atoms with Gasteiger partial charge >= 0.3 is 5.97 Å². The number of aliphatic hydroxyl groups is 1. The second-order valence-electron chi connectivity index (χ2n) is 6.53. The van der Waals surface area contributed by atoms with Crippen LogP contribution >= 0.6 is 0 Å². The highest BCUT2D eigenvalue weighted by molar-refractivity contribution is 5.78. The zero-order valence-electron chi connectivity index (χ0n) is 13.7. The van der Waals surface area contributed by atoms with E-state index < -0.39 is 11.6 Å². The number of carboxylic acid groups (broad SMARTS) is 1. The zero-order chi connectivity index (χ0) is 17.2. The molecule has 1 aliphatic rings. The van der Waals surface area contributed by atoms with Gasteiger partial charge in [0, 0.05) is 12.3 Å². The number of ether oxygens (including phenoxy) is 1. The summed E-state index contributed by atoms with van der Waals surface area (Å²) < 4.78 is 5.18. The van der Waals surface area contributed by atoms with Gasteiger partial charge in [-0.3, -0.25) is 9.78 Å². The van der Waals surface area contributed by atoms with Crippen LogP contribution in [0, 0.1) is 5.92 Å². The van der Waals surface area contributed by atoms with Crippen LogP contribution in [0.2, 0.25) is 0 Å². The fourth-order valence-electron chi connectivity index (χ4n) is 3.40. The summed E-state index contributed by atoms with van der Waals surface area (Å²) in [5.74, 6) is -0.538. The summed E-state index contributed by atoms with van der Waals surface area (Å²) >= 11 is 0. The number of carboxylic acids is 1. The molecule has 0 saturated heterocycles. The molecule has 1 aliphatic carbocycles. The Kier molecular flexibility index (Phi) is 4.66. The second-order valence-corrected chi connectivity index (χ2v) is 6.53. The Labute approximate surface area is 140 Å². The molecule has 0 aliphatic heterocycles. The summed E-state index contributed by atoms with van der Waals surface area (Å²) in [7, 11) is 1.58. The predicted molar refractivity (Wildman–Crippen MR) is 89.0 cm³/mol. The Morgan fingerprint density at radius 1 is 1.33 bits per heavy atom. The van der Waals surface area contributed by atoms with Crippen molar-refractivity contribution in [2.45, 2.75) is 44.1 Å². The number of fused-ring (bicyclic) bond motifs is 1. The average Bonchev–Trinajstić information content (AvgIpc) is 2.60. The molecule has 2 aromatic rings. The third kappa shape index (κ3) is 3.48. The Morgan fingerprint density at radius 3 is 2.75 bits per heavy atom. The Hall–Kier alpha value is -2.21. The second kappa shape index (κ2) is 6.73. The lowest BCUT2D eigenvalue weighted by atomic mass is 9.76. The van der Waals surface area contributed by atoms with Gasteiger partial charge in [0.15, 0.2) is 0 Å². The maximum absolute atomic E-state index is 11.0. The normalized spacial score (nSPS) is 24.0. The number of pyridine rings is 2. The number of carbonyl (C=O) groups is 1. The van der Waals surface area contributed by atoms with E-state index in [1.165, 1.54) is 0 Å². The van der Waals surface area contributed by atoms with Crippen LogP contribution in [0.4, 0.5) is 0 Å². The number of hydrogen-bond acceptors (Lipinski definition) is 5. The largest absolute Gasteiger partial charge is 0.481 e. The summed E-state index contributed by atoms with van der Waals surface area (Å²) in [5.41, 5.74) is 1.82. The first-order valence-electron chi connectivity index (χ1n) is 8.24. The number of aromatic nitrogens is 2. The average molecular weight is 330 g/mol. The van der Waals surface area contributed by atoms with Crippen LogP contribution in [-0.2, 0) is 11.2 Å². The maximum Gasteiger partial charge on any atom is 0.306 e. The van der Waals surface area contributed by atoms with E-state index in [0.717, 1.165) is 16.6 Å². The molecule has 6 nitrogen and oxygen atoms in total. The highest BCUT2D eigenvalue weighted by Gasteiger charge is 2.35. The van der Waals surface area contributed by atoms with Gasteiger partial charge in [-0.15, -0.1) is 0 Å². The van der Waals surface area contributed by atoms with Crippen molar-refractivity contribution in [1.29, 1.82) is 0 Å². The van der Waals surface area contributed by atoms with E-state index in [4.69, 9.17) is 9.84 Å². The van der Waals surface area contributed by atoms with Crippen molar-refractivity contribution >= 4 is 17.0 Å². The smallest absolute Gasteiger partial charge is 0.306 e. The minimum Gasteiger partial charge on any atom is -0.481 e. The zero-order valence-corrected chi connectivity index (χ0v) is 13.7. The SMILES string of the molecule is COc1ccc2nccc(CCC3(O)CCC(C(=O)O)CC3)c2n1. The molecule has 1 fully saturated rings. The predicted octanol–water partition coefficient (Wildman–Crippen LogP) is 2.58. The number of methoxy groups -OCH3 is 1. The van der Waals surface area contributed by atoms with Gasteiger partial charge in [-0.2, -0.15) is 0 Å². The van der Waals surface area contributed by atoms with Crippen LogP contribution in [0.3, 0.4) is 0 Å². The Bertz CT molecular complexity index is 739. The molecular formula is C18H22N2O4. The fraction of sp³-hybridized carbons (Fsp3) is 0.500. The molecular weight excluding hydrogens is 308 g/mol. The quantitative estimate of drug-likeness (QED) is 0.875. The van der Waals surface area contributed by atoms with Gasteiger partial charge < -0.3 is 14.9 Å². The lowest BCUT2D eigenvalue weighted by Gasteiger charge is -2.34. The number of hydrogen-bond donors (Lipinski definition) is 2. The first-order chi connectivity index (χ1) is 11.5. The van der Waals surface area contributed by atoms with E-state index in [9.17, 15) is 9.90 Å². The number of nitrogens with zero attached hydrogens (tertiary/aromatic N) is 2. The van der Waals surface area contributed by atoms with Gasteiger partial charge in [0.05, 0.1) is 29.7 Å². The molecule has 0 amide bonds. The molecule has 0 radical (unpaired) electrons. The first-order valence-corrected chi connectivity index (χ1v) is 8.24. The topological polar surface area (TPSA) is 92.5 Å². The third-order valence-electron chi connectivity index (χ3n) is 4.98. The number of rotatable bonds is 5. The van der Waals surface area contributed by atoms with Crippen LogP contribution < -0.4 is 4.74 Å². The maximum atomic E-state index is 11.0. The summed E-state index contributed by atoms with van der Waals surface area (Å²) in [6, 6.07) is 5.57. The van der Waals surface area contributed by atoms with E-state index in [1.807, 2.05) is 12.1 Å². The highest BCUT2D eigenvalue weighted by atomic mass is 16.5. The van der Waals surface area contributed by atoms with E-state index in [-0.39, 0.29) is 5.92 Å². The van der Waals surface area contributed by atoms with Crippen LogP contribution in [0.5, 0.6) is 5.88 Å². The van der Waals surface area contributed by atoms with Gasteiger partial charge in [-0.25, -0.2) is 4.98 Å². The van der Waals surface area contributed by atoms with Gasteiger partial charge in [0.2, 0.25) is 5.88 Å². The highest BCUT2D eigenvalue weighted by Crippen LogP contribution is 2.35. The van der Waals surface area contributed by atoms with Gasteiger partial charge in [0.1, 0.15) is 0 Å². The Balaban J connectivity index is 1.73.